The molecule has 0 saturated heterocycles. The summed E-state index contributed by atoms with van der Waals surface area (Å²) >= 11 is 0. The van der Waals surface area contributed by atoms with Gasteiger partial charge in [0, 0.05) is 11.3 Å². The maximum atomic E-state index is 10.1. The van der Waals surface area contributed by atoms with Gasteiger partial charge < -0.3 is 5.11 Å². The van der Waals surface area contributed by atoms with E-state index in [-0.39, 0.29) is 11.3 Å². The van der Waals surface area contributed by atoms with Gasteiger partial charge in [-0.15, -0.1) is 0 Å². The van der Waals surface area contributed by atoms with Crippen LogP contribution in [0, 0.1) is 23.2 Å². The Labute approximate surface area is 98.5 Å². The molecule has 86 valence electrons. The van der Waals surface area contributed by atoms with Gasteiger partial charge in [-0.3, -0.25) is 0 Å². The van der Waals surface area contributed by atoms with E-state index in [1.54, 1.807) is 0 Å². The summed E-state index contributed by atoms with van der Waals surface area (Å²) in [5.74, 6) is 6.24. The van der Waals surface area contributed by atoms with E-state index in [1.807, 2.05) is 37.3 Å². The average molecular weight is 216 g/mol. The van der Waals surface area contributed by atoms with E-state index >= 15 is 0 Å². The highest BCUT2D eigenvalue weighted by atomic mass is 16.3. The molecule has 16 heavy (non-hydrogen) atoms. The lowest BCUT2D eigenvalue weighted by atomic mass is 9.93. The van der Waals surface area contributed by atoms with Crippen LogP contribution in [0.3, 0.4) is 0 Å². The molecule has 0 aliphatic rings. The summed E-state index contributed by atoms with van der Waals surface area (Å²) in [6.07, 6.45) is -0.504. The molecule has 1 aromatic carbocycles. The van der Waals surface area contributed by atoms with Crippen LogP contribution in [0.4, 0.5) is 0 Å². The Morgan fingerprint density at radius 3 is 2.19 bits per heavy atom. The van der Waals surface area contributed by atoms with Crippen molar-refractivity contribution < 1.29 is 5.11 Å². The van der Waals surface area contributed by atoms with Crippen molar-refractivity contribution in [3.8, 4) is 11.8 Å². The fourth-order valence-electron chi connectivity index (χ4n) is 1.35. The average Bonchev–Trinajstić information content (AvgIpc) is 2.25. The molecule has 0 aromatic heterocycles. The fourth-order valence-corrected chi connectivity index (χ4v) is 1.35. The number of rotatable bonds is 2. The predicted octanol–water partition coefficient (Wildman–Crippen LogP) is 3.41. The molecular formula is C15H20O. The number of hydrogen-bond donors (Lipinski definition) is 1. The molecular weight excluding hydrogens is 196 g/mol. The van der Waals surface area contributed by atoms with Crippen LogP contribution in [0.1, 0.15) is 39.4 Å². The van der Waals surface area contributed by atoms with Gasteiger partial charge in [0.05, 0.1) is 6.10 Å². The Bertz CT molecular complexity index is 375. The van der Waals surface area contributed by atoms with Crippen molar-refractivity contribution >= 4 is 0 Å². The van der Waals surface area contributed by atoms with Gasteiger partial charge in [-0.25, -0.2) is 0 Å². The molecule has 0 unspecified atom stereocenters. The van der Waals surface area contributed by atoms with E-state index in [1.165, 1.54) is 0 Å². The molecule has 0 aliphatic heterocycles. The maximum absolute atomic E-state index is 10.1. The third-order valence-electron chi connectivity index (χ3n) is 2.29. The highest BCUT2D eigenvalue weighted by molar-refractivity contribution is 5.21. The van der Waals surface area contributed by atoms with Crippen LogP contribution < -0.4 is 0 Å². The van der Waals surface area contributed by atoms with Crippen molar-refractivity contribution in [1.82, 2.24) is 0 Å². The first-order valence-electron chi connectivity index (χ1n) is 5.66. The summed E-state index contributed by atoms with van der Waals surface area (Å²) in [6, 6.07) is 9.67. The summed E-state index contributed by atoms with van der Waals surface area (Å²) in [6.45, 7) is 8.17. The second-order valence-electron chi connectivity index (χ2n) is 5.16. The Hall–Kier alpha value is -1.26. The zero-order chi connectivity index (χ0) is 12.2. The smallest absolute Gasteiger partial charge is 0.0924 e. The zero-order valence-electron chi connectivity index (χ0n) is 10.5. The molecule has 0 spiro atoms. The van der Waals surface area contributed by atoms with E-state index in [0.717, 1.165) is 5.56 Å². The lowest BCUT2D eigenvalue weighted by Gasteiger charge is -2.15. The summed E-state index contributed by atoms with van der Waals surface area (Å²) < 4.78 is 0. The van der Waals surface area contributed by atoms with Crippen molar-refractivity contribution in [3.05, 3.63) is 35.9 Å². The molecule has 1 rings (SSSR count). The molecule has 1 nitrogen and oxygen atoms in total. The number of hydrogen-bond acceptors (Lipinski definition) is 1. The highest BCUT2D eigenvalue weighted by Crippen LogP contribution is 2.21. The fraction of sp³-hybridized carbons (Fsp3) is 0.467. The summed E-state index contributed by atoms with van der Waals surface area (Å²) in [7, 11) is 0. The predicted molar refractivity (Wildman–Crippen MR) is 67.8 cm³/mol. The number of benzene rings is 1. The van der Waals surface area contributed by atoms with E-state index in [4.69, 9.17) is 0 Å². The van der Waals surface area contributed by atoms with Crippen LogP contribution in [0.25, 0.3) is 0 Å². The van der Waals surface area contributed by atoms with Gasteiger partial charge in [-0.1, -0.05) is 42.2 Å². The maximum Gasteiger partial charge on any atom is 0.0924 e. The van der Waals surface area contributed by atoms with E-state index in [2.05, 4.69) is 32.6 Å². The monoisotopic (exact) mass is 216 g/mol. The second-order valence-corrected chi connectivity index (χ2v) is 5.16. The summed E-state index contributed by atoms with van der Waals surface area (Å²) in [5, 5.41) is 10.1. The van der Waals surface area contributed by atoms with Crippen molar-refractivity contribution in [2.24, 2.45) is 11.3 Å². The minimum absolute atomic E-state index is 0.00926. The molecule has 2 atom stereocenters. The highest BCUT2D eigenvalue weighted by Gasteiger charge is 2.14. The molecule has 1 aromatic rings. The lowest BCUT2D eigenvalue weighted by Crippen LogP contribution is -2.08. The largest absolute Gasteiger partial charge is 0.387 e. The topological polar surface area (TPSA) is 20.2 Å². The van der Waals surface area contributed by atoms with E-state index in [0.29, 0.717) is 0 Å². The van der Waals surface area contributed by atoms with Crippen LogP contribution in [-0.4, -0.2) is 5.11 Å². The SMILES string of the molecule is C[C@@H](C#CC(C)(C)C)[C@H](O)c1ccccc1. The first kappa shape index (κ1) is 12.8. The standard InChI is InChI=1S/C15H20O/c1-12(10-11-15(2,3)4)14(16)13-8-6-5-7-9-13/h5-9,12,14,16H,1-4H3/t12-,14-/m0/s1. The Morgan fingerprint density at radius 1 is 1.12 bits per heavy atom. The molecule has 1 N–H and O–H groups in total. The Morgan fingerprint density at radius 2 is 1.69 bits per heavy atom. The van der Waals surface area contributed by atoms with Crippen LogP contribution in [0.15, 0.2) is 30.3 Å². The number of aliphatic hydroxyl groups excluding tert-OH is 1. The van der Waals surface area contributed by atoms with Gasteiger partial charge in [-0.2, -0.15) is 0 Å². The molecule has 0 radical (unpaired) electrons. The first-order chi connectivity index (χ1) is 7.40. The molecule has 0 bridgehead atoms. The van der Waals surface area contributed by atoms with Gasteiger partial charge in [0.1, 0.15) is 0 Å². The van der Waals surface area contributed by atoms with Gasteiger partial charge >= 0.3 is 0 Å². The van der Waals surface area contributed by atoms with E-state index in [9.17, 15) is 5.11 Å². The number of aliphatic hydroxyl groups is 1. The molecule has 1 heteroatoms. The van der Waals surface area contributed by atoms with Gasteiger partial charge in [0.25, 0.3) is 0 Å². The van der Waals surface area contributed by atoms with E-state index < -0.39 is 6.10 Å². The minimum atomic E-state index is -0.504. The molecule has 0 heterocycles. The van der Waals surface area contributed by atoms with Crippen LogP contribution in [-0.2, 0) is 0 Å². The van der Waals surface area contributed by atoms with Crippen molar-refractivity contribution in [1.29, 1.82) is 0 Å². The van der Waals surface area contributed by atoms with Gasteiger partial charge in [0.2, 0.25) is 0 Å². The summed E-state index contributed by atoms with van der Waals surface area (Å²) in [5.41, 5.74) is 0.920. The lowest BCUT2D eigenvalue weighted by molar-refractivity contribution is 0.143. The zero-order valence-corrected chi connectivity index (χ0v) is 10.5. The van der Waals surface area contributed by atoms with Gasteiger partial charge in [-0.05, 0) is 33.3 Å². The molecule has 0 amide bonds. The Balaban J connectivity index is 2.75. The third-order valence-corrected chi connectivity index (χ3v) is 2.29. The second kappa shape index (κ2) is 5.18. The van der Waals surface area contributed by atoms with Crippen LogP contribution >= 0.6 is 0 Å². The Kier molecular flexibility index (Phi) is 4.15. The molecule has 0 saturated carbocycles. The normalized spacial score (nSPS) is 14.8. The quantitative estimate of drug-likeness (QED) is 0.751. The molecule has 0 fully saturated rings. The first-order valence-corrected chi connectivity index (χ1v) is 5.66. The van der Waals surface area contributed by atoms with Crippen LogP contribution in [0.5, 0.6) is 0 Å². The third kappa shape index (κ3) is 4.08. The molecule has 0 aliphatic carbocycles. The van der Waals surface area contributed by atoms with Crippen LogP contribution in [0.2, 0.25) is 0 Å². The minimum Gasteiger partial charge on any atom is -0.387 e. The summed E-state index contributed by atoms with van der Waals surface area (Å²) in [4.78, 5) is 0. The van der Waals surface area contributed by atoms with Crippen molar-refractivity contribution in [2.45, 2.75) is 33.8 Å². The van der Waals surface area contributed by atoms with Gasteiger partial charge in [0.15, 0.2) is 0 Å². The van der Waals surface area contributed by atoms with Crippen molar-refractivity contribution in [2.75, 3.05) is 0 Å². The van der Waals surface area contributed by atoms with Crippen molar-refractivity contribution in [3.63, 3.8) is 0 Å².